The van der Waals surface area contributed by atoms with Crippen LogP contribution in [0.4, 0.5) is 0 Å². The van der Waals surface area contributed by atoms with Gasteiger partial charge in [-0.05, 0) is 39.8 Å². The van der Waals surface area contributed by atoms with E-state index in [9.17, 15) is 5.11 Å². The van der Waals surface area contributed by atoms with Crippen molar-refractivity contribution in [1.82, 2.24) is 4.90 Å². The Bertz CT molecular complexity index is 105. The van der Waals surface area contributed by atoms with E-state index in [1.807, 2.05) is 0 Å². The first kappa shape index (κ1) is 8.02. The molecule has 0 aliphatic carbocycles. The quantitative estimate of drug-likeness (QED) is 0.543. The minimum absolute atomic E-state index is 0.0556. The Morgan fingerprint density at radius 2 is 2.20 bits per heavy atom. The normalized spacial score (nSPS) is 37.5. The Hall–Kier alpha value is -0.0800. The smallest absolute Gasteiger partial charge is 0.0555 e. The second kappa shape index (κ2) is 3.35. The molecule has 1 N–H and O–H groups in total. The van der Waals surface area contributed by atoms with Gasteiger partial charge in [0.15, 0.2) is 0 Å². The zero-order valence-corrected chi connectivity index (χ0v) is 6.88. The summed E-state index contributed by atoms with van der Waals surface area (Å²) in [5, 5.41) is 9.35. The summed E-state index contributed by atoms with van der Waals surface area (Å²) in [6, 6.07) is 0.553. The molecule has 2 atom stereocenters. The van der Waals surface area contributed by atoms with Gasteiger partial charge in [0, 0.05) is 6.04 Å². The molecular formula is C8H17NO. The minimum atomic E-state index is -0.0556. The number of hydrogen-bond donors (Lipinski definition) is 1. The molecule has 1 aliphatic heterocycles. The van der Waals surface area contributed by atoms with Crippen molar-refractivity contribution in [3.63, 3.8) is 0 Å². The number of hydrogen-bond acceptors (Lipinski definition) is 2. The van der Waals surface area contributed by atoms with E-state index >= 15 is 0 Å². The summed E-state index contributed by atoms with van der Waals surface area (Å²) in [5.41, 5.74) is 0. The van der Waals surface area contributed by atoms with Crippen molar-refractivity contribution in [3.8, 4) is 0 Å². The number of nitrogens with zero attached hydrogens (tertiary/aromatic N) is 1. The largest absolute Gasteiger partial charge is 0.393 e. The van der Waals surface area contributed by atoms with E-state index in [-0.39, 0.29) is 6.10 Å². The van der Waals surface area contributed by atoms with Gasteiger partial charge in [0.25, 0.3) is 0 Å². The molecule has 2 nitrogen and oxygen atoms in total. The van der Waals surface area contributed by atoms with Crippen molar-refractivity contribution in [1.29, 1.82) is 0 Å². The molecule has 0 spiro atoms. The second-order valence-corrected chi connectivity index (χ2v) is 3.36. The maximum absolute atomic E-state index is 9.35. The van der Waals surface area contributed by atoms with Crippen LogP contribution < -0.4 is 0 Å². The summed E-state index contributed by atoms with van der Waals surface area (Å²) in [6.07, 6.45) is 3.01. The Balaban J connectivity index is 2.41. The Labute approximate surface area is 62.8 Å². The van der Waals surface area contributed by atoms with Crippen LogP contribution >= 0.6 is 0 Å². The van der Waals surface area contributed by atoms with Crippen LogP contribution in [0.2, 0.25) is 0 Å². The van der Waals surface area contributed by atoms with Crippen LogP contribution in [0.1, 0.15) is 26.2 Å². The zero-order chi connectivity index (χ0) is 7.56. The molecule has 1 aliphatic rings. The highest BCUT2D eigenvalue weighted by molar-refractivity contribution is 4.73. The number of aliphatic hydroxyl groups excluding tert-OH is 1. The van der Waals surface area contributed by atoms with Gasteiger partial charge in [0.1, 0.15) is 0 Å². The predicted octanol–water partition coefficient (Wildman–Crippen LogP) is 0.851. The van der Waals surface area contributed by atoms with Crippen molar-refractivity contribution in [2.24, 2.45) is 0 Å². The van der Waals surface area contributed by atoms with Gasteiger partial charge in [-0.25, -0.2) is 0 Å². The summed E-state index contributed by atoms with van der Waals surface area (Å²) < 4.78 is 0. The van der Waals surface area contributed by atoms with Gasteiger partial charge in [-0.15, -0.1) is 0 Å². The van der Waals surface area contributed by atoms with Gasteiger partial charge in [0.2, 0.25) is 0 Å². The summed E-state index contributed by atoms with van der Waals surface area (Å²) in [5.74, 6) is 0. The van der Waals surface area contributed by atoms with Crippen molar-refractivity contribution in [2.45, 2.75) is 38.3 Å². The molecule has 0 aromatic rings. The molecule has 10 heavy (non-hydrogen) atoms. The SMILES string of the molecule is CC1CC(O)CCCN1C. The van der Waals surface area contributed by atoms with E-state index in [1.54, 1.807) is 0 Å². The van der Waals surface area contributed by atoms with E-state index in [0.717, 1.165) is 25.8 Å². The summed E-state index contributed by atoms with van der Waals surface area (Å²) >= 11 is 0. The van der Waals surface area contributed by atoms with E-state index in [4.69, 9.17) is 0 Å². The molecule has 2 unspecified atom stereocenters. The van der Waals surface area contributed by atoms with E-state index in [2.05, 4.69) is 18.9 Å². The standard InChI is InChI=1S/C8H17NO/c1-7-6-8(10)4-3-5-9(7)2/h7-8,10H,3-6H2,1-2H3. The predicted molar refractivity (Wildman–Crippen MR) is 41.9 cm³/mol. The molecule has 60 valence electrons. The van der Waals surface area contributed by atoms with Crippen molar-refractivity contribution >= 4 is 0 Å². The first-order valence-electron chi connectivity index (χ1n) is 4.08. The molecule has 1 heterocycles. The van der Waals surface area contributed by atoms with Gasteiger partial charge in [0.05, 0.1) is 6.10 Å². The van der Waals surface area contributed by atoms with Gasteiger partial charge >= 0.3 is 0 Å². The van der Waals surface area contributed by atoms with Crippen LogP contribution in [0.25, 0.3) is 0 Å². The van der Waals surface area contributed by atoms with Gasteiger partial charge in [-0.2, -0.15) is 0 Å². The third-order valence-electron chi connectivity index (χ3n) is 2.41. The lowest BCUT2D eigenvalue weighted by Gasteiger charge is -2.21. The first-order chi connectivity index (χ1) is 4.70. The average molecular weight is 143 g/mol. The average Bonchev–Trinajstić information content (AvgIpc) is 1.96. The molecule has 1 saturated heterocycles. The van der Waals surface area contributed by atoms with Crippen molar-refractivity contribution < 1.29 is 5.11 Å². The van der Waals surface area contributed by atoms with Crippen LogP contribution in [0.5, 0.6) is 0 Å². The maximum atomic E-state index is 9.35. The monoisotopic (exact) mass is 143 g/mol. The molecule has 0 aromatic heterocycles. The maximum Gasteiger partial charge on any atom is 0.0555 e. The third-order valence-corrected chi connectivity index (χ3v) is 2.41. The highest BCUT2D eigenvalue weighted by Crippen LogP contribution is 2.14. The highest BCUT2D eigenvalue weighted by Gasteiger charge is 2.17. The molecule has 0 aromatic carbocycles. The van der Waals surface area contributed by atoms with E-state index in [1.165, 1.54) is 0 Å². The Morgan fingerprint density at radius 3 is 2.90 bits per heavy atom. The molecule has 0 bridgehead atoms. The van der Waals surface area contributed by atoms with E-state index in [0.29, 0.717) is 6.04 Å². The van der Waals surface area contributed by atoms with Crippen LogP contribution in [0.3, 0.4) is 0 Å². The Morgan fingerprint density at radius 1 is 1.50 bits per heavy atom. The van der Waals surface area contributed by atoms with E-state index < -0.39 is 0 Å². The lowest BCUT2D eigenvalue weighted by Crippen LogP contribution is -2.29. The number of likely N-dealkylation sites (tertiary alicyclic amines) is 1. The Kier molecular flexibility index (Phi) is 2.69. The molecule has 0 radical (unpaired) electrons. The second-order valence-electron chi connectivity index (χ2n) is 3.36. The fourth-order valence-corrected chi connectivity index (χ4v) is 1.49. The minimum Gasteiger partial charge on any atom is -0.393 e. The molecule has 1 rings (SSSR count). The first-order valence-corrected chi connectivity index (χ1v) is 4.08. The summed E-state index contributed by atoms with van der Waals surface area (Å²) in [4.78, 5) is 2.32. The van der Waals surface area contributed by atoms with Crippen LogP contribution in [0.15, 0.2) is 0 Å². The van der Waals surface area contributed by atoms with Crippen molar-refractivity contribution in [2.75, 3.05) is 13.6 Å². The van der Waals surface area contributed by atoms with Gasteiger partial charge < -0.3 is 10.0 Å². The molecule has 0 saturated carbocycles. The topological polar surface area (TPSA) is 23.5 Å². The van der Waals surface area contributed by atoms with Gasteiger partial charge in [-0.1, -0.05) is 0 Å². The van der Waals surface area contributed by atoms with Crippen molar-refractivity contribution in [3.05, 3.63) is 0 Å². The highest BCUT2D eigenvalue weighted by atomic mass is 16.3. The number of aliphatic hydroxyl groups is 1. The molecule has 1 fully saturated rings. The zero-order valence-electron chi connectivity index (χ0n) is 6.88. The summed E-state index contributed by atoms with van der Waals surface area (Å²) in [7, 11) is 2.13. The third kappa shape index (κ3) is 1.96. The molecular weight excluding hydrogens is 126 g/mol. The lowest BCUT2D eigenvalue weighted by molar-refractivity contribution is 0.139. The van der Waals surface area contributed by atoms with Crippen LogP contribution in [-0.4, -0.2) is 35.7 Å². The number of rotatable bonds is 0. The lowest BCUT2D eigenvalue weighted by atomic mass is 10.1. The molecule has 0 amide bonds. The van der Waals surface area contributed by atoms with Crippen LogP contribution in [-0.2, 0) is 0 Å². The van der Waals surface area contributed by atoms with Crippen LogP contribution in [0, 0.1) is 0 Å². The molecule has 2 heteroatoms. The fourth-order valence-electron chi connectivity index (χ4n) is 1.49. The van der Waals surface area contributed by atoms with Gasteiger partial charge in [-0.3, -0.25) is 0 Å². The summed E-state index contributed by atoms with van der Waals surface area (Å²) in [6.45, 7) is 3.31. The fraction of sp³-hybridized carbons (Fsp3) is 1.00.